The van der Waals surface area contributed by atoms with E-state index in [2.05, 4.69) is 4.90 Å². The third kappa shape index (κ3) is 5.78. The minimum absolute atomic E-state index is 0. The van der Waals surface area contributed by atoms with E-state index in [1.807, 2.05) is 6.92 Å². The summed E-state index contributed by atoms with van der Waals surface area (Å²) in [6.07, 6.45) is 1.52. The molecule has 0 radical (unpaired) electrons. The Morgan fingerprint density at radius 3 is 2.74 bits per heavy atom. The van der Waals surface area contributed by atoms with Crippen LogP contribution in [0.3, 0.4) is 0 Å². The zero-order valence-electron chi connectivity index (χ0n) is 15.7. The number of nitrogens with two attached hydrogens (primary N) is 1. The summed E-state index contributed by atoms with van der Waals surface area (Å²) in [5, 5.41) is 0. The second-order valence-electron chi connectivity index (χ2n) is 7.02. The molecule has 0 bridgehead atoms. The van der Waals surface area contributed by atoms with Gasteiger partial charge in [-0.3, -0.25) is 4.90 Å². The molecule has 2 atom stereocenters. The lowest BCUT2D eigenvalue weighted by Crippen LogP contribution is -2.46. The number of ether oxygens (including phenoxy) is 2. The molecule has 2 amide bonds. The number of urea groups is 1. The molecule has 2 N–H and O–H groups in total. The van der Waals surface area contributed by atoms with Crippen molar-refractivity contribution in [2.24, 2.45) is 5.73 Å². The van der Waals surface area contributed by atoms with Gasteiger partial charge in [-0.15, -0.1) is 12.4 Å². The number of halogens is 2. The van der Waals surface area contributed by atoms with E-state index in [1.54, 1.807) is 11.0 Å². The Kier molecular flexibility index (Phi) is 8.28. The first-order chi connectivity index (χ1) is 12.5. The topological polar surface area (TPSA) is 68.0 Å². The summed E-state index contributed by atoms with van der Waals surface area (Å²) in [6.45, 7) is 7.42. The predicted molar refractivity (Wildman–Crippen MR) is 104 cm³/mol. The van der Waals surface area contributed by atoms with Gasteiger partial charge in [-0.2, -0.15) is 0 Å². The Balaban J connectivity index is 0.00000261. The molecule has 1 aromatic carbocycles. The molecular weight excluding hydrogens is 373 g/mol. The highest BCUT2D eigenvalue weighted by atomic mass is 35.5. The molecule has 1 aromatic rings. The summed E-state index contributed by atoms with van der Waals surface area (Å²) in [6, 6.07) is 4.07. The number of carbonyl (C=O) groups excluding carboxylic acids is 1. The van der Waals surface area contributed by atoms with Gasteiger partial charge in [0.1, 0.15) is 5.82 Å². The van der Waals surface area contributed by atoms with Gasteiger partial charge in [-0.05, 0) is 43.0 Å². The zero-order valence-corrected chi connectivity index (χ0v) is 16.5. The third-order valence-electron chi connectivity index (χ3n) is 5.29. The summed E-state index contributed by atoms with van der Waals surface area (Å²) in [4.78, 5) is 15.9. The van der Waals surface area contributed by atoms with Crippen molar-refractivity contribution in [2.45, 2.75) is 31.9 Å². The normalized spacial score (nSPS) is 23.7. The monoisotopic (exact) mass is 401 g/mol. The second-order valence-corrected chi connectivity index (χ2v) is 7.02. The molecule has 6 nitrogen and oxygen atoms in total. The van der Waals surface area contributed by atoms with Crippen LogP contribution in [0.25, 0.3) is 0 Å². The van der Waals surface area contributed by atoms with Gasteiger partial charge in [0, 0.05) is 26.2 Å². The number of morpholine rings is 1. The number of rotatable bonds is 5. The van der Waals surface area contributed by atoms with Crippen LogP contribution in [0.4, 0.5) is 9.18 Å². The van der Waals surface area contributed by atoms with E-state index < -0.39 is 6.03 Å². The molecule has 2 heterocycles. The van der Waals surface area contributed by atoms with E-state index in [1.165, 1.54) is 12.1 Å². The van der Waals surface area contributed by atoms with Gasteiger partial charge in [0.25, 0.3) is 0 Å². The van der Waals surface area contributed by atoms with E-state index in [0.29, 0.717) is 19.6 Å². The van der Waals surface area contributed by atoms with E-state index in [4.69, 9.17) is 15.2 Å². The summed E-state index contributed by atoms with van der Waals surface area (Å²) < 4.78 is 24.9. The lowest BCUT2D eigenvalue weighted by molar-refractivity contribution is -0.0252. The number of likely N-dealkylation sites (tertiary alicyclic amines) is 1. The van der Waals surface area contributed by atoms with Gasteiger partial charge in [0.05, 0.1) is 32.0 Å². The first kappa shape index (κ1) is 21.9. The van der Waals surface area contributed by atoms with Crippen molar-refractivity contribution in [2.75, 3.05) is 46.0 Å². The fourth-order valence-corrected chi connectivity index (χ4v) is 3.83. The molecule has 8 heteroatoms. The van der Waals surface area contributed by atoms with Gasteiger partial charge in [0.15, 0.2) is 0 Å². The maximum Gasteiger partial charge on any atom is 0.315 e. The van der Waals surface area contributed by atoms with Gasteiger partial charge in [-0.1, -0.05) is 6.07 Å². The minimum atomic E-state index is -0.439. The van der Waals surface area contributed by atoms with E-state index in [9.17, 15) is 9.18 Å². The molecule has 152 valence electrons. The molecule has 2 saturated heterocycles. The largest absolute Gasteiger partial charge is 0.379 e. The quantitative estimate of drug-likeness (QED) is 0.823. The average Bonchev–Trinajstić information content (AvgIpc) is 2.62. The first-order valence-corrected chi connectivity index (χ1v) is 9.28. The Bertz CT molecular complexity index is 628. The third-order valence-corrected chi connectivity index (χ3v) is 5.29. The molecule has 0 aliphatic carbocycles. The summed E-state index contributed by atoms with van der Waals surface area (Å²) in [7, 11) is 0. The van der Waals surface area contributed by atoms with Crippen molar-refractivity contribution in [1.82, 2.24) is 9.80 Å². The predicted octanol–water partition coefficient (Wildman–Crippen LogP) is 2.49. The smallest absolute Gasteiger partial charge is 0.315 e. The highest BCUT2D eigenvalue weighted by Gasteiger charge is 2.33. The van der Waals surface area contributed by atoms with Crippen LogP contribution in [-0.4, -0.2) is 67.9 Å². The fourth-order valence-electron chi connectivity index (χ4n) is 3.83. The molecule has 0 spiro atoms. The Labute approximate surface area is 166 Å². The van der Waals surface area contributed by atoms with Crippen LogP contribution in [-0.2, 0) is 9.47 Å². The molecule has 27 heavy (non-hydrogen) atoms. The van der Waals surface area contributed by atoms with Crippen molar-refractivity contribution in [3.63, 3.8) is 0 Å². The molecule has 2 unspecified atom stereocenters. The van der Waals surface area contributed by atoms with Crippen molar-refractivity contribution in [3.05, 3.63) is 35.1 Å². The Hall–Kier alpha value is -1.41. The number of hydrogen-bond donors (Lipinski definition) is 1. The SMILES string of the molecule is Cc1cc(F)ccc1C1CC(OCCN2CCOCC2)CCN1C(N)=O.Cl. The summed E-state index contributed by atoms with van der Waals surface area (Å²) in [5.74, 6) is -0.272. The van der Waals surface area contributed by atoms with Crippen molar-refractivity contribution in [1.29, 1.82) is 0 Å². The van der Waals surface area contributed by atoms with Gasteiger partial charge >= 0.3 is 6.03 Å². The van der Waals surface area contributed by atoms with Gasteiger partial charge in [0.2, 0.25) is 0 Å². The van der Waals surface area contributed by atoms with E-state index in [-0.39, 0.29) is 30.4 Å². The standard InChI is InChI=1S/C19H28FN3O3.ClH/c1-14-12-15(20)2-3-17(14)18-13-16(4-5-23(18)19(21)24)26-11-8-22-6-9-25-10-7-22;/h2-3,12,16,18H,4-11,13H2,1H3,(H2,21,24);1H. The Morgan fingerprint density at radius 1 is 1.33 bits per heavy atom. The molecular formula is C19H29ClFN3O3. The summed E-state index contributed by atoms with van der Waals surface area (Å²) in [5.41, 5.74) is 7.34. The molecule has 3 rings (SSSR count). The number of carbonyl (C=O) groups is 1. The van der Waals surface area contributed by atoms with Crippen LogP contribution in [0.5, 0.6) is 0 Å². The van der Waals surface area contributed by atoms with Crippen molar-refractivity contribution < 1.29 is 18.7 Å². The van der Waals surface area contributed by atoms with Crippen LogP contribution in [0.1, 0.15) is 30.0 Å². The van der Waals surface area contributed by atoms with E-state index >= 15 is 0 Å². The molecule has 0 saturated carbocycles. The number of aryl methyl sites for hydroxylation is 1. The maximum atomic E-state index is 13.4. The van der Waals surface area contributed by atoms with Crippen LogP contribution in [0.2, 0.25) is 0 Å². The maximum absolute atomic E-state index is 13.4. The van der Waals surface area contributed by atoms with E-state index in [0.717, 1.165) is 50.4 Å². The number of nitrogens with zero attached hydrogens (tertiary/aromatic N) is 2. The highest BCUT2D eigenvalue weighted by Crippen LogP contribution is 2.34. The number of amides is 2. The van der Waals surface area contributed by atoms with Crippen LogP contribution < -0.4 is 5.73 Å². The molecule has 0 aromatic heterocycles. The van der Waals surface area contributed by atoms with Crippen molar-refractivity contribution in [3.8, 4) is 0 Å². The van der Waals surface area contributed by atoms with Crippen LogP contribution in [0.15, 0.2) is 18.2 Å². The highest BCUT2D eigenvalue weighted by molar-refractivity contribution is 5.85. The zero-order chi connectivity index (χ0) is 18.5. The minimum Gasteiger partial charge on any atom is -0.379 e. The number of primary amides is 1. The molecule has 2 fully saturated rings. The lowest BCUT2D eigenvalue weighted by Gasteiger charge is -2.39. The fraction of sp³-hybridized carbons (Fsp3) is 0.632. The summed E-state index contributed by atoms with van der Waals surface area (Å²) >= 11 is 0. The second kappa shape index (κ2) is 10.2. The lowest BCUT2D eigenvalue weighted by atomic mass is 9.91. The molecule has 2 aliphatic heterocycles. The Morgan fingerprint density at radius 2 is 2.07 bits per heavy atom. The average molecular weight is 402 g/mol. The van der Waals surface area contributed by atoms with Crippen molar-refractivity contribution >= 4 is 18.4 Å². The number of piperidine rings is 1. The van der Waals surface area contributed by atoms with Crippen LogP contribution in [0, 0.1) is 12.7 Å². The number of hydrogen-bond acceptors (Lipinski definition) is 4. The first-order valence-electron chi connectivity index (χ1n) is 9.28. The molecule has 2 aliphatic rings. The van der Waals surface area contributed by atoms with Crippen LogP contribution >= 0.6 is 12.4 Å². The van der Waals surface area contributed by atoms with Gasteiger partial charge in [-0.25, -0.2) is 9.18 Å². The number of benzene rings is 1. The van der Waals surface area contributed by atoms with Gasteiger partial charge < -0.3 is 20.1 Å².